The second kappa shape index (κ2) is 7.17. The fourth-order valence-electron chi connectivity index (χ4n) is 2.25. The van der Waals surface area contributed by atoms with E-state index in [0.29, 0.717) is 6.54 Å². The van der Waals surface area contributed by atoms with Gasteiger partial charge in [0.15, 0.2) is 0 Å². The van der Waals surface area contributed by atoms with Crippen molar-refractivity contribution in [3.8, 4) is 0 Å². The van der Waals surface area contributed by atoms with Crippen LogP contribution in [0.15, 0.2) is 15.9 Å². The topological polar surface area (TPSA) is 58.2 Å². The van der Waals surface area contributed by atoms with Crippen LogP contribution in [-0.2, 0) is 16.4 Å². The summed E-state index contributed by atoms with van der Waals surface area (Å²) in [4.78, 5) is 1.19. The lowest BCUT2D eigenvalue weighted by Gasteiger charge is -2.22. The van der Waals surface area contributed by atoms with Gasteiger partial charge in [0.1, 0.15) is 0 Å². The lowest BCUT2D eigenvalue weighted by Crippen LogP contribution is -2.38. The normalized spacial score (nSPS) is 20.6. The van der Waals surface area contributed by atoms with Crippen LogP contribution in [0.5, 0.6) is 0 Å². The SMILES string of the molecule is O=S(=O)(CC1CCCNC1)NCCc1ccc(Br)s1. The highest BCUT2D eigenvalue weighted by Crippen LogP contribution is 2.22. The van der Waals surface area contributed by atoms with Crippen molar-refractivity contribution in [2.45, 2.75) is 19.3 Å². The Labute approximate surface area is 127 Å². The minimum Gasteiger partial charge on any atom is -0.316 e. The summed E-state index contributed by atoms with van der Waals surface area (Å²) in [6.45, 7) is 2.31. The monoisotopic (exact) mass is 366 g/mol. The minimum absolute atomic E-state index is 0.244. The molecule has 1 unspecified atom stereocenters. The summed E-state index contributed by atoms with van der Waals surface area (Å²) in [6.07, 6.45) is 2.83. The zero-order valence-corrected chi connectivity index (χ0v) is 13.9. The van der Waals surface area contributed by atoms with Crippen molar-refractivity contribution in [3.63, 3.8) is 0 Å². The molecule has 0 spiro atoms. The van der Waals surface area contributed by atoms with Crippen molar-refractivity contribution in [2.75, 3.05) is 25.4 Å². The zero-order chi connectivity index (χ0) is 13.7. The first kappa shape index (κ1) is 15.4. The molecule has 1 aliphatic rings. The molecule has 0 saturated carbocycles. The van der Waals surface area contributed by atoms with Crippen LogP contribution < -0.4 is 10.0 Å². The number of hydrogen-bond acceptors (Lipinski definition) is 4. The van der Waals surface area contributed by atoms with Crippen molar-refractivity contribution in [1.82, 2.24) is 10.0 Å². The van der Waals surface area contributed by atoms with E-state index in [0.717, 1.165) is 36.1 Å². The first-order chi connectivity index (χ1) is 9.05. The third-order valence-electron chi connectivity index (χ3n) is 3.18. The van der Waals surface area contributed by atoms with Gasteiger partial charge in [0.05, 0.1) is 9.54 Å². The molecule has 0 bridgehead atoms. The van der Waals surface area contributed by atoms with Crippen LogP contribution >= 0.6 is 27.3 Å². The highest BCUT2D eigenvalue weighted by atomic mass is 79.9. The third kappa shape index (κ3) is 5.51. The lowest BCUT2D eigenvalue weighted by atomic mass is 10.0. The smallest absolute Gasteiger partial charge is 0.211 e. The van der Waals surface area contributed by atoms with Crippen LogP contribution in [0.3, 0.4) is 0 Å². The molecule has 7 heteroatoms. The van der Waals surface area contributed by atoms with Crippen molar-refractivity contribution >= 4 is 37.3 Å². The van der Waals surface area contributed by atoms with E-state index in [9.17, 15) is 8.42 Å². The van der Waals surface area contributed by atoms with Crippen LogP contribution in [0.25, 0.3) is 0 Å². The molecule has 0 aromatic carbocycles. The Bertz CT molecular complexity index is 496. The quantitative estimate of drug-likeness (QED) is 0.808. The molecule has 0 amide bonds. The van der Waals surface area contributed by atoms with Gasteiger partial charge in [-0.2, -0.15) is 0 Å². The third-order valence-corrected chi connectivity index (χ3v) is 6.41. The highest BCUT2D eigenvalue weighted by molar-refractivity contribution is 9.11. The van der Waals surface area contributed by atoms with Crippen LogP contribution in [0.1, 0.15) is 17.7 Å². The molecule has 2 heterocycles. The van der Waals surface area contributed by atoms with Crippen molar-refractivity contribution in [3.05, 3.63) is 20.8 Å². The molecule has 1 aromatic rings. The fraction of sp³-hybridized carbons (Fsp3) is 0.667. The lowest BCUT2D eigenvalue weighted by molar-refractivity contribution is 0.403. The molecular weight excluding hydrogens is 348 g/mol. The molecule has 2 N–H and O–H groups in total. The first-order valence-corrected chi connectivity index (χ1v) is 9.73. The maximum atomic E-state index is 11.9. The number of rotatable bonds is 6. The van der Waals surface area contributed by atoms with Gasteiger partial charge in [0.25, 0.3) is 0 Å². The van der Waals surface area contributed by atoms with E-state index in [-0.39, 0.29) is 11.7 Å². The molecule has 1 aromatic heterocycles. The summed E-state index contributed by atoms with van der Waals surface area (Å²) in [5, 5.41) is 3.25. The molecule has 19 heavy (non-hydrogen) atoms. The second-order valence-electron chi connectivity index (χ2n) is 4.84. The Kier molecular flexibility index (Phi) is 5.83. The van der Waals surface area contributed by atoms with Gasteiger partial charge in [0.2, 0.25) is 10.0 Å². The van der Waals surface area contributed by atoms with E-state index in [1.807, 2.05) is 12.1 Å². The molecule has 0 radical (unpaired) electrons. The molecule has 108 valence electrons. The Morgan fingerprint density at radius 3 is 2.95 bits per heavy atom. The van der Waals surface area contributed by atoms with E-state index in [1.165, 1.54) is 4.88 Å². The average molecular weight is 367 g/mol. The van der Waals surface area contributed by atoms with Gasteiger partial charge in [-0.05, 0) is 66.3 Å². The molecule has 1 saturated heterocycles. The molecular formula is C12H19BrN2O2S2. The van der Waals surface area contributed by atoms with Crippen molar-refractivity contribution in [1.29, 1.82) is 0 Å². The zero-order valence-electron chi connectivity index (χ0n) is 10.7. The van der Waals surface area contributed by atoms with E-state index in [2.05, 4.69) is 26.0 Å². The van der Waals surface area contributed by atoms with Crippen LogP contribution in [0.4, 0.5) is 0 Å². The Morgan fingerprint density at radius 2 is 2.32 bits per heavy atom. The van der Waals surface area contributed by atoms with Crippen LogP contribution in [0.2, 0.25) is 0 Å². The Morgan fingerprint density at radius 1 is 1.47 bits per heavy atom. The summed E-state index contributed by atoms with van der Waals surface area (Å²) < 4.78 is 27.7. The van der Waals surface area contributed by atoms with E-state index in [1.54, 1.807) is 11.3 Å². The van der Waals surface area contributed by atoms with Gasteiger partial charge in [-0.15, -0.1) is 11.3 Å². The Balaban J connectivity index is 1.74. The number of thiophene rings is 1. The molecule has 1 atom stereocenters. The molecule has 2 rings (SSSR count). The van der Waals surface area contributed by atoms with E-state index < -0.39 is 10.0 Å². The largest absolute Gasteiger partial charge is 0.316 e. The van der Waals surface area contributed by atoms with Gasteiger partial charge >= 0.3 is 0 Å². The standard InChI is InChI=1S/C12H19BrN2O2S2/c13-12-4-3-11(18-12)5-7-15-19(16,17)9-10-2-1-6-14-8-10/h3-4,10,14-15H,1-2,5-9H2. The van der Waals surface area contributed by atoms with Gasteiger partial charge in [0, 0.05) is 11.4 Å². The molecule has 4 nitrogen and oxygen atoms in total. The van der Waals surface area contributed by atoms with Gasteiger partial charge < -0.3 is 5.32 Å². The van der Waals surface area contributed by atoms with Gasteiger partial charge in [-0.25, -0.2) is 13.1 Å². The van der Waals surface area contributed by atoms with E-state index in [4.69, 9.17) is 0 Å². The molecule has 1 fully saturated rings. The maximum Gasteiger partial charge on any atom is 0.211 e. The molecule has 0 aliphatic carbocycles. The van der Waals surface area contributed by atoms with Crippen LogP contribution in [-0.4, -0.2) is 33.8 Å². The molecule has 1 aliphatic heterocycles. The van der Waals surface area contributed by atoms with Crippen LogP contribution in [0, 0.1) is 5.92 Å². The number of piperidine rings is 1. The number of nitrogens with one attached hydrogen (secondary N) is 2. The second-order valence-corrected chi connectivity index (χ2v) is 9.24. The summed E-state index contributed by atoms with van der Waals surface area (Å²) in [7, 11) is -3.14. The summed E-state index contributed by atoms with van der Waals surface area (Å²) >= 11 is 5.05. The summed E-state index contributed by atoms with van der Waals surface area (Å²) in [5.41, 5.74) is 0. The average Bonchev–Trinajstić information content (AvgIpc) is 2.75. The number of hydrogen-bond donors (Lipinski definition) is 2. The summed E-state index contributed by atoms with van der Waals surface area (Å²) in [5.74, 6) is 0.496. The number of halogens is 1. The van der Waals surface area contributed by atoms with Gasteiger partial charge in [-0.3, -0.25) is 0 Å². The fourth-order valence-corrected chi connectivity index (χ4v) is 5.17. The minimum atomic E-state index is -3.14. The van der Waals surface area contributed by atoms with Gasteiger partial charge in [-0.1, -0.05) is 0 Å². The van der Waals surface area contributed by atoms with E-state index >= 15 is 0 Å². The van der Waals surface area contributed by atoms with Crippen molar-refractivity contribution < 1.29 is 8.42 Å². The number of sulfonamides is 1. The maximum absolute atomic E-state index is 11.9. The highest BCUT2D eigenvalue weighted by Gasteiger charge is 2.20. The first-order valence-electron chi connectivity index (χ1n) is 6.47. The Hall–Kier alpha value is 0.0500. The predicted molar refractivity (Wildman–Crippen MR) is 83.1 cm³/mol. The summed E-state index contributed by atoms with van der Waals surface area (Å²) in [6, 6.07) is 4.01. The predicted octanol–water partition coefficient (Wildman–Crippen LogP) is 1.97. The van der Waals surface area contributed by atoms with Crippen molar-refractivity contribution in [2.24, 2.45) is 5.92 Å².